The molecule has 1 N–H and O–H groups in total. The summed E-state index contributed by atoms with van der Waals surface area (Å²) in [6, 6.07) is 31.1. The van der Waals surface area contributed by atoms with Crippen LogP contribution in [0.4, 0.5) is 5.69 Å². The molecule has 4 rings (SSSR count). The number of methoxy groups -OCH3 is 1. The molecule has 0 radical (unpaired) electrons. The van der Waals surface area contributed by atoms with E-state index in [0.717, 1.165) is 33.8 Å². The predicted octanol–water partition coefficient (Wildman–Crippen LogP) is 6.81. The Hall–Kier alpha value is -4.08. The number of carbonyl (C=O) groups is 1. The van der Waals surface area contributed by atoms with Crippen molar-refractivity contribution in [3.8, 4) is 34.2 Å². The number of pyridine rings is 1. The van der Waals surface area contributed by atoms with Crippen molar-refractivity contribution in [3.05, 3.63) is 96.6 Å². The summed E-state index contributed by atoms with van der Waals surface area (Å²) in [7, 11) is 1.62. The molecule has 174 valence electrons. The number of nitrogens with zero attached hydrogens (tertiary/aromatic N) is 2. The van der Waals surface area contributed by atoms with Crippen LogP contribution in [0.25, 0.3) is 22.4 Å². The highest BCUT2D eigenvalue weighted by Gasteiger charge is 2.23. The van der Waals surface area contributed by atoms with Gasteiger partial charge in [-0.3, -0.25) is 4.79 Å². The van der Waals surface area contributed by atoms with Crippen molar-refractivity contribution in [2.75, 3.05) is 12.4 Å². The summed E-state index contributed by atoms with van der Waals surface area (Å²) in [6.45, 7) is 1.96. The lowest BCUT2D eigenvalue weighted by atomic mass is 9.99. The molecule has 1 atom stereocenters. The highest BCUT2D eigenvalue weighted by molar-refractivity contribution is 8.00. The first-order valence-corrected chi connectivity index (χ1v) is 12.2. The molecule has 35 heavy (non-hydrogen) atoms. The monoisotopic (exact) mass is 479 g/mol. The second kappa shape index (κ2) is 11.4. The molecular formula is C29H25N3O2S. The zero-order valence-corrected chi connectivity index (χ0v) is 20.4. The molecule has 1 amide bonds. The first-order chi connectivity index (χ1) is 17.1. The van der Waals surface area contributed by atoms with E-state index in [1.54, 1.807) is 7.11 Å². The summed E-state index contributed by atoms with van der Waals surface area (Å²) in [5.74, 6) is 0.619. The second-order valence-electron chi connectivity index (χ2n) is 7.81. The van der Waals surface area contributed by atoms with E-state index in [-0.39, 0.29) is 5.91 Å². The van der Waals surface area contributed by atoms with Gasteiger partial charge >= 0.3 is 0 Å². The second-order valence-corrected chi connectivity index (χ2v) is 9.00. The molecule has 0 bridgehead atoms. The van der Waals surface area contributed by atoms with Crippen LogP contribution in [0, 0.1) is 11.3 Å². The highest BCUT2D eigenvalue weighted by Crippen LogP contribution is 2.37. The third-order valence-electron chi connectivity index (χ3n) is 5.53. The van der Waals surface area contributed by atoms with Crippen LogP contribution in [0.3, 0.4) is 0 Å². The quantitative estimate of drug-likeness (QED) is 0.281. The van der Waals surface area contributed by atoms with E-state index in [0.29, 0.717) is 17.0 Å². The number of thioether (sulfide) groups is 1. The molecule has 0 aliphatic heterocycles. The summed E-state index contributed by atoms with van der Waals surface area (Å²) >= 11 is 1.32. The Morgan fingerprint density at radius 2 is 1.66 bits per heavy atom. The molecule has 0 fully saturated rings. The Morgan fingerprint density at radius 3 is 2.26 bits per heavy atom. The van der Waals surface area contributed by atoms with Gasteiger partial charge in [-0.1, -0.05) is 79.3 Å². The van der Waals surface area contributed by atoms with Crippen LogP contribution in [0.1, 0.15) is 18.9 Å². The molecule has 0 spiro atoms. The minimum absolute atomic E-state index is 0.120. The normalized spacial score (nSPS) is 11.3. The van der Waals surface area contributed by atoms with Gasteiger partial charge in [0.2, 0.25) is 5.91 Å². The van der Waals surface area contributed by atoms with Crippen molar-refractivity contribution in [2.24, 2.45) is 0 Å². The van der Waals surface area contributed by atoms with Crippen molar-refractivity contribution in [1.29, 1.82) is 5.26 Å². The van der Waals surface area contributed by atoms with Gasteiger partial charge in [0.05, 0.1) is 23.6 Å². The molecule has 5 nitrogen and oxygen atoms in total. The van der Waals surface area contributed by atoms with Crippen molar-refractivity contribution in [3.63, 3.8) is 0 Å². The van der Waals surface area contributed by atoms with E-state index < -0.39 is 5.25 Å². The van der Waals surface area contributed by atoms with E-state index in [4.69, 9.17) is 9.72 Å². The number of aromatic nitrogens is 1. The fourth-order valence-corrected chi connectivity index (χ4v) is 4.70. The maximum Gasteiger partial charge on any atom is 0.237 e. The topological polar surface area (TPSA) is 75.0 Å². The maximum atomic E-state index is 13.1. The third-order valence-corrected chi connectivity index (χ3v) is 6.88. The van der Waals surface area contributed by atoms with Gasteiger partial charge in [-0.2, -0.15) is 5.26 Å². The number of amides is 1. The number of anilines is 1. The molecule has 3 aromatic carbocycles. The number of nitrogens with one attached hydrogen (secondary N) is 1. The van der Waals surface area contributed by atoms with Gasteiger partial charge in [-0.05, 0) is 42.3 Å². The predicted molar refractivity (Wildman–Crippen MR) is 141 cm³/mol. The van der Waals surface area contributed by atoms with Crippen LogP contribution in [0.2, 0.25) is 0 Å². The van der Waals surface area contributed by atoms with Crippen molar-refractivity contribution < 1.29 is 9.53 Å². The van der Waals surface area contributed by atoms with Crippen LogP contribution >= 0.6 is 11.8 Å². The number of benzene rings is 3. The Balaban J connectivity index is 1.76. The van der Waals surface area contributed by atoms with Crippen molar-refractivity contribution in [2.45, 2.75) is 23.6 Å². The fraction of sp³-hybridized carbons (Fsp3) is 0.138. The summed E-state index contributed by atoms with van der Waals surface area (Å²) in [5.41, 5.74) is 4.52. The molecular weight excluding hydrogens is 454 g/mol. The average Bonchev–Trinajstić information content (AvgIpc) is 2.92. The lowest BCUT2D eigenvalue weighted by Crippen LogP contribution is -2.24. The number of hydrogen-bond acceptors (Lipinski definition) is 5. The Kier molecular flexibility index (Phi) is 7.81. The minimum atomic E-state index is -0.412. The van der Waals surface area contributed by atoms with Crippen molar-refractivity contribution >= 4 is 23.4 Å². The lowest BCUT2D eigenvalue weighted by Gasteiger charge is -2.17. The largest absolute Gasteiger partial charge is 0.497 e. The van der Waals surface area contributed by atoms with E-state index in [2.05, 4.69) is 11.4 Å². The number of rotatable bonds is 8. The van der Waals surface area contributed by atoms with Crippen LogP contribution in [-0.2, 0) is 4.79 Å². The van der Waals surface area contributed by atoms with Crippen molar-refractivity contribution in [1.82, 2.24) is 4.98 Å². The number of nitriles is 1. The SMILES string of the molecule is CCC(Sc1nc(-c2ccccc2)cc(-c2ccc(OC)cc2)c1C#N)C(=O)Nc1ccccc1. The zero-order valence-electron chi connectivity index (χ0n) is 19.6. The van der Waals surface area contributed by atoms with E-state index in [1.165, 1.54) is 11.8 Å². The molecule has 6 heteroatoms. The average molecular weight is 480 g/mol. The molecule has 0 saturated heterocycles. The van der Waals surface area contributed by atoms with Crippen LogP contribution < -0.4 is 10.1 Å². The Labute approximate surface area is 209 Å². The Bertz CT molecular complexity index is 1330. The molecule has 4 aromatic rings. The van der Waals surface area contributed by atoms with Crippen LogP contribution in [0.5, 0.6) is 5.75 Å². The standard InChI is InChI=1S/C29H25N3O2S/c1-3-27(28(33)31-22-12-8-5-9-13-22)35-29-25(19-30)24(20-14-16-23(34-2)17-15-20)18-26(32-29)21-10-6-4-7-11-21/h4-18,27H,3H2,1-2H3,(H,31,33). The minimum Gasteiger partial charge on any atom is -0.497 e. The van der Waals surface area contributed by atoms with Crippen LogP contribution in [-0.4, -0.2) is 23.3 Å². The third kappa shape index (κ3) is 5.71. The molecule has 1 unspecified atom stereocenters. The summed E-state index contributed by atoms with van der Waals surface area (Å²) in [4.78, 5) is 17.9. The summed E-state index contributed by atoms with van der Waals surface area (Å²) in [6.07, 6.45) is 0.587. The van der Waals surface area contributed by atoms with Gasteiger partial charge in [-0.15, -0.1) is 0 Å². The summed E-state index contributed by atoms with van der Waals surface area (Å²) in [5, 5.41) is 13.2. The first kappa shape index (κ1) is 24.1. The van der Waals surface area contributed by atoms with Gasteiger partial charge in [0.25, 0.3) is 0 Å². The molecule has 0 aliphatic rings. The fourth-order valence-electron chi connectivity index (χ4n) is 3.67. The first-order valence-electron chi connectivity index (χ1n) is 11.3. The highest BCUT2D eigenvalue weighted by atomic mass is 32.2. The van der Waals surface area contributed by atoms with Gasteiger partial charge in [0.15, 0.2) is 0 Å². The number of para-hydroxylation sites is 1. The van der Waals surface area contributed by atoms with Gasteiger partial charge in [0.1, 0.15) is 16.8 Å². The smallest absolute Gasteiger partial charge is 0.237 e. The molecule has 1 aromatic heterocycles. The van der Waals surface area contributed by atoms with E-state index in [9.17, 15) is 10.1 Å². The van der Waals surface area contributed by atoms with E-state index >= 15 is 0 Å². The van der Waals surface area contributed by atoms with Gasteiger partial charge in [0, 0.05) is 16.8 Å². The summed E-state index contributed by atoms with van der Waals surface area (Å²) < 4.78 is 5.29. The number of carbonyl (C=O) groups excluding carboxylic acids is 1. The molecule has 1 heterocycles. The lowest BCUT2D eigenvalue weighted by molar-refractivity contribution is -0.115. The van der Waals surface area contributed by atoms with Gasteiger partial charge < -0.3 is 10.1 Å². The molecule has 0 aliphatic carbocycles. The molecule has 0 saturated carbocycles. The van der Waals surface area contributed by atoms with Crippen LogP contribution in [0.15, 0.2) is 96.0 Å². The number of ether oxygens (including phenoxy) is 1. The zero-order chi connectivity index (χ0) is 24.6. The van der Waals surface area contributed by atoms with Gasteiger partial charge in [-0.25, -0.2) is 4.98 Å². The Morgan fingerprint density at radius 1 is 1.00 bits per heavy atom. The number of hydrogen-bond donors (Lipinski definition) is 1. The van der Waals surface area contributed by atoms with E-state index in [1.807, 2.05) is 97.9 Å². The maximum absolute atomic E-state index is 13.1.